The van der Waals surface area contributed by atoms with Gasteiger partial charge in [-0.15, -0.1) is 0 Å². The summed E-state index contributed by atoms with van der Waals surface area (Å²) in [5, 5.41) is 11.9. The maximum atomic E-state index is 13.0. The van der Waals surface area contributed by atoms with E-state index < -0.39 is 17.9 Å². The van der Waals surface area contributed by atoms with Gasteiger partial charge >= 0.3 is 6.18 Å². The lowest BCUT2D eigenvalue weighted by Gasteiger charge is -2.11. The molecule has 4 aromatic rings. The number of ether oxygens (including phenoxy) is 2. The normalized spacial score (nSPS) is 19.0. The third kappa shape index (κ3) is 5.62. The van der Waals surface area contributed by atoms with Crippen molar-refractivity contribution in [1.29, 1.82) is 0 Å². The lowest BCUT2D eigenvalue weighted by atomic mass is 9.91. The molecular formula is C30H29F3N4O4. The number of H-pyrrole nitrogens is 1. The minimum atomic E-state index is -4.64. The molecule has 6 rings (SSSR count). The number of hydrogen-bond donors (Lipinski definition) is 2. The zero-order chi connectivity index (χ0) is 29.4. The van der Waals surface area contributed by atoms with Gasteiger partial charge in [0.2, 0.25) is 12.2 Å². The van der Waals surface area contributed by atoms with E-state index in [0.29, 0.717) is 6.61 Å². The number of carbonyl (C=O) groups excluding carboxylic acids is 2. The van der Waals surface area contributed by atoms with Gasteiger partial charge in [0.15, 0.2) is 0 Å². The quantitative estimate of drug-likeness (QED) is 0.295. The minimum absolute atomic E-state index is 0.0732. The number of halogens is 3. The minimum Gasteiger partial charge on any atom is -0.497 e. The molecule has 0 radical (unpaired) electrons. The Bertz CT molecular complexity index is 1580. The highest BCUT2D eigenvalue weighted by molar-refractivity contribution is 6.10. The number of benzene rings is 3. The molecule has 2 heterocycles. The predicted molar refractivity (Wildman–Crippen MR) is 148 cm³/mol. The molecule has 1 spiro atoms. The summed E-state index contributed by atoms with van der Waals surface area (Å²) < 4.78 is 42.5. The monoisotopic (exact) mass is 566 g/mol. The molecule has 3 aromatic carbocycles. The Balaban J connectivity index is 0.000000511. The summed E-state index contributed by atoms with van der Waals surface area (Å²) in [6, 6.07) is 20.2. The van der Waals surface area contributed by atoms with Crippen LogP contribution in [0.25, 0.3) is 22.2 Å². The van der Waals surface area contributed by atoms with Gasteiger partial charge in [0.05, 0.1) is 23.7 Å². The van der Waals surface area contributed by atoms with Gasteiger partial charge in [-0.2, -0.15) is 18.3 Å². The molecular weight excluding hydrogens is 537 g/mol. The van der Waals surface area contributed by atoms with Gasteiger partial charge in [-0.25, -0.2) is 0 Å². The molecule has 1 aliphatic carbocycles. The zero-order valence-electron chi connectivity index (χ0n) is 22.7. The summed E-state index contributed by atoms with van der Waals surface area (Å²) in [6.45, 7) is 1.52. The fourth-order valence-electron chi connectivity index (χ4n) is 5.23. The van der Waals surface area contributed by atoms with Crippen LogP contribution in [-0.4, -0.2) is 67.8 Å². The summed E-state index contributed by atoms with van der Waals surface area (Å²) >= 11 is 0. The van der Waals surface area contributed by atoms with Crippen LogP contribution in [0.15, 0.2) is 60.7 Å². The summed E-state index contributed by atoms with van der Waals surface area (Å²) in [6.07, 6.45) is -4.91. The van der Waals surface area contributed by atoms with Crippen LogP contribution in [0, 0.1) is 0 Å². The van der Waals surface area contributed by atoms with Crippen molar-refractivity contribution >= 4 is 28.8 Å². The first-order valence-electron chi connectivity index (χ1n) is 12.9. The van der Waals surface area contributed by atoms with E-state index in [0.717, 1.165) is 63.4 Å². The van der Waals surface area contributed by atoms with Crippen LogP contribution >= 0.6 is 0 Å². The number of likely N-dealkylation sites (N-methyl/N-ethyl adjacent to an activating group) is 1. The fourth-order valence-corrected chi connectivity index (χ4v) is 5.23. The van der Waals surface area contributed by atoms with Gasteiger partial charge in [-0.3, -0.25) is 14.7 Å². The number of rotatable bonds is 7. The lowest BCUT2D eigenvalue weighted by Crippen LogP contribution is -2.21. The second kappa shape index (κ2) is 10.9. The van der Waals surface area contributed by atoms with Gasteiger partial charge in [-0.1, -0.05) is 12.1 Å². The van der Waals surface area contributed by atoms with Crippen molar-refractivity contribution < 1.29 is 32.2 Å². The molecule has 214 valence electrons. The van der Waals surface area contributed by atoms with Crippen LogP contribution in [0.1, 0.15) is 23.5 Å². The number of nitrogens with zero attached hydrogens (tertiary/aromatic N) is 2. The average molecular weight is 567 g/mol. The number of aromatic amines is 1. The van der Waals surface area contributed by atoms with Crippen molar-refractivity contribution in [3.05, 3.63) is 71.8 Å². The molecule has 41 heavy (non-hydrogen) atoms. The van der Waals surface area contributed by atoms with E-state index in [-0.39, 0.29) is 11.8 Å². The number of alkyl halides is 3. The molecule has 0 saturated heterocycles. The number of methoxy groups -OCH3 is 1. The van der Waals surface area contributed by atoms with E-state index in [9.17, 15) is 18.0 Å². The first kappa shape index (κ1) is 28.2. The van der Waals surface area contributed by atoms with Crippen molar-refractivity contribution in [3.8, 4) is 22.8 Å². The highest BCUT2D eigenvalue weighted by Crippen LogP contribution is 2.65. The number of aromatic nitrogens is 2. The lowest BCUT2D eigenvalue weighted by molar-refractivity contribution is -0.156. The van der Waals surface area contributed by atoms with Gasteiger partial charge in [0.1, 0.15) is 18.1 Å². The van der Waals surface area contributed by atoms with E-state index in [1.54, 1.807) is 7.11 Å². The van der Waals surface area contributed by atoms with E-state index >= 15 is 0 Å². The fraction of sp³-hybridized carbons (Fsp3) is 0.300. The molecule has 1 aliphatic heterocycles. The topological polar surface area (TPSA) is 96.6 Å². The van der Waals surface area contributed by atoms with Crippen LogP contribution in [0.5, 0.6) is 11.5 Å². The molecule has 8 nitrogen and oxygen atoms in total. The number of amides is 1. The largest absolute Gasteiger partial charge is 0.497 e. The van der Waals surface area contributed by atoms with E-state index in [1.807, 2.05) is 56.6 Å². The molecule has 1 amide bonds. The van der Waals surface area contributed by atoms with Crippen molar-refractivity contribution in [1.82, 2.24) is 15.1 Å². The average Bonchev–Trinajstić information content (AvgIpc) is 3.48. The van der Waals surface area contributed by atoms with Gasteiger partial charge in [0, 0.05) is 29.1 Å². The molecule has 11 heteroatoms. The summed E-state index contributed by atoms with van der Waals surface area (Å²) in [7, 11) is 5.71. The Labute approximate surface area is 234 Å². The molecule has 2 atom stereocenters. The third-order valence-electron chi connectivity index (χ3n) is 7.38. The Hall–Kier alpha value is -4.38. The number of hydrogen-bond acceptors (Lipinski definition) is 6. The maximum absolute atomic E-state index is 13.0. The van der Waals surface area contributed by atoms with E-state index in [2.05, 4.69) is 38.6 Å². The molecule has 0 bridgehead atoms. The van der Waals surface area contributed by atoms with Gasteiger partial charge in [-0.05, 0) is 80.2 Å². The van der Waals surface area contributed by atoms with Crippen molar-refractivity contribution in [2.24, 2.45) is 0 Å². The van der Waals surface area contributed by atoms with E-state index in [4.69, 9.17) is 14.3 Å². The number of anilines is 1. The van der Waals surface area contributed by atoms with Crippen molar-refractivity contribution in [2.45, 2.75) is 23.9 Å². The summed E-state index contributed by atoms with van der Waals surface area (Å²) in [5.41, 5.74) is 5.46. The number of fused-ring (bicyclic) bond motifs is 3. The predicted octanol–water partition coefficient (Wildman–Crippen LogP) is 5.30. The Morgan fingerprint density at radius 3 is 2.44 bits per heavy atom. The molecule has 1 saturated carbocycles. The molecule has 1 fully saturated rings. The molecule has 1 aromatic heterocycles. The van der Waals surface area contributed by atoms with Crippen LogP contribution in [-0.2, 0) is 15.0 Å². The number of nitrogens with one attached hydrogen (secondary N) is 2. The van der Waals surface area contributed by atoms with Gasteiger partial charge < -0.3 is 19.7 Å². The number of aldehydes is 1. The van der Waals surface area contributed by atoms with Crippen LogP contribution in [0.3, 0.4) is 0 Å². The van der Waals surface area contributed by atoms with Gasteiger partial charge in [0.25, 0.3) is 0 Å². The van der Waals surface area contributed by atoms with Crippen LogP contribution < -0.4 is 14.8 Å². The second-order valence-corrected chi connectivity index (χ2v) is 10.3. The van der Waals surface area contributed by atoms with Crippen molar-refractivity contribution in [2.75, 3.05) is 39.7 Å². The Morgan fingerprint density at radius 2 is 1.78 bits per heavy atom. The highest BCUT2D eigenvalue weighted by atomic mass is 19.4. The van der Waals surface area contributed by atoms with Crippen molar-refractivity contribution in [3.63, 3.8) is 0 Å². The Morgan fingerprint density at radius 1 is 1.07 bits per heavy atom. The SMILES string of the molecule is COc1ccc2c(c1)[C@]1(C[C@H]1c1ccc3c(-c4ccc(OCCN(C)C)cc4)n[nH]c3c1)C(=O)N2.O=CC(F)(F)F. The van der Waals surface area contributed by atoms with Crippen LogP contribution in [0.4, 0.5) is 18.9 Å². The second-order valence-electron chi connectivity index (χ2n) is 10.3. The molecule has 2 aliphatic rings. The smallest absolute Gasteiger partial charge is 0.446 e. The number of carbonyl (C=O) groups is 2. The molecule has 0 unspecified atom stereocenters. The van der Waals surface area contributed by atoms with Crippen LogP contribution in [0.2, 0.25) is 0 Å². The molecule has 2 N–H and O–H groups in total. The standard InChI is InChI=1S/C28H28N4O3.C2HF3O/c1-32(2)12-13-35-19-7-4-17(5-8-19)26-21-10-6-18(14-25(21)30-31-26)23-16-28(23)22-15-20(34-3)9-11-24(22)29-27(28)33;3-2(4,5)1-6/h4-11,14-15,23H,12-13,16H2,1-3H3,(H,29,33)(H,30,31);1H/t23-,28-;/m0./s1. The summed E-state index contributed by atoms with van der Waals surface area (Å²) in [4.78, 5) is 23.8. The first-order chi connectivity index (χ1) is 19.6. The summed E-state index contributed by atoms with van der Waals surface area (Å²) in [5.74, 6) is 1.83. The maximum Gasteiger partial charge on any atom is 0.446 e. The Kier molecular flexibility index (Phi) is 7.48. The highest BCUT2D eigenvalue weighted by Gasteiger charge is 2.65. The third-order valence-corrected chi connectivity index (χ3v) is 7.38. The zero-order valence-corrected chi connectivity index (χ0v) is 22.7. The van der Waals surface area contributed by atoms with E-state index in [1.165, 1.54) is 0 Å². The first-order valence-corrected chi connectivity index (χ1v) is 12.9.